The molecular formula is C14H17N5O3S. The van der Waals surface area contributed by atoms with Crippen LogP contribution in [0.3, 0.4) is 0 Å². The van der Waals surface area contributed by atoms with Crippen LogP contribution in [0.25, 0.3) is 0 Å². The molecule has 1 amide bonds. The molecule has 1 saturated heterocycles. The maximum Gasteiger partial charge on any atom is 0.254 e. The molecule has 1 aliphatic rings. The van der Waals surface area contributed by atoms with Crippen LogP contribution in [0.4, 0.5) is 0 Å². The van der Waals surface area contributed by atoms with E-state index in [0.29, 0.717) is 18.7 Å². The molecule has 0 saturated carbocycles. The highest BCUT2D eigenvalue weighted by atomic mass is 32.2. The summed E-state index contributed by atoms with van der Waals surface area (Å²) in [5.74, 6) is -0.116. The van der Waals surface area contributed by atoms with Gasteiger partial charge in [0.1, 0.15) is 0 Å². The van der Waals surface area contributed by atoms with Gasteiger partial charge in [-0.15, -0.1) is 5.10 Å². The third-order valence-corrected chi connectivity index (χ3v) is 5.67. The summed E-state index contributed by atoms with van der Waals surface area (Å²) in [6.07, 6.45) is 3.38. The Morgan fingerprint density at radius 3 is 2.39 bits per heavy atom. The molecule has 2 aromatic rings. The smallest absolute Gasteiger partial charge is 0.254 e. The van der Waals surface area contributed by atoms with E-state index in [4.69, 9.17) is 0 Å². The quantitative estimate of drug-likeness (QED) is 0.798. The number of carbonyl (C=O) groups excluding carboxylic acids is 1. The van der Waals surface area contributed by atoms with Crippen molar-refractivity contribution >= 4 is 15.9 Å². The summed E-state index contributed by atoms with van der Waals surface area (Å²) in [5, 5.41) is 7.67. The number of likely N-dealkylation sites (tertiary alicyclic amines) is 1. The number of nitrogens with zero attached hydrogens (tertiary/aromatic N) is 5. The maximum atomic E-state index is 12.4. The molecule has 0 radical (unpaired) electrons. The van der Waals surface area contributed by atoms with Crippen molar-refractivity contribution in [3.05, 3.63) is 42.2 Å². The molecule has 1 aromatic carbocycles. The molecule has 2 heterocycles. The Morgan fingerprint density at radius 1 is 1.22 bits per heavy atom. The molecule has 1 fully saturated rings. The minimum Gasteiger partial charge on any atom is -0.334 e. The summed E-state index contributed by atoms with van der Waals surface area (Å²) in [4.78, 5) is 14.2. The second-order valence-electron chi connectivity index (χ2n) is 5.56. The normalized spacial score (nSPS) is 15.7. The largest absolute Gasteiger partial charge is 0.334 e. The Balaban J connectivity index is 1.68. The number of sulfonamides is 1. The topological polar surface area (TPSA) is 88.4 Å². The van der Waals surface area contributed by atoms with Crippen molar-refractivity contribution in [3.63, 3.8) is 0 Å². The van der Waals surface area contributed by atoms with E-state index in [-0.39, 0.29) is 16.8 Å². The summed E-state index contributed by atoms with van der Waals surface area (Å²) in [7, 11) is -0.538. The second kappa shape index (κ2) is 5.74. The van der Waals surface area contributed by atoms with Gasteiger partial charge in [0.15, 0.2) is 0 Å². The van der Waals surface area contributed by atoms with E-state index in [9.17, 15) is 13.2 Å². The van der Waals surface area contributed by atoms with Gasteiger partial charge < -0.3 is 4.90 Å². The number of carbonyl (C=O) groups is 1. The Bertz CT molecular complexity index is 793. The van der Waals surface area contributed by atoms with Gasteiger partial charge >= 0.3 is 0 Å². The molecule has 0 aliphatic carbocycles. The van der Waals surface area contributed by atoms with E-state index < -0.39 is 10.0 Å². The summed E-state index contributed by atoms with van der Waals surface area (Å²) >= 11 is 0. The Labute approximate surface area is 134 Å². The number of amides is 1. The molecule has 0 atom stereocenters. The zero-order valence-electron chi connectivity index (χ0n) is 12.8. The highest BCUT2D eigenvalue weighted by Gasteiger charge is 2.33. The maximum absolute atomic E-state index is 12.4. The molecule has 0 bridgehead atoms. The molecule has 1 aliphatic heterocycles. The van der Waals surface area contributed by atoms with Crippen molar-refractivity contribution in [2.24, 2.45) is 0 Å². The number of benzene rings is 1. The zero-order chi connectivity index (χ0) is 16.6. The molecular weight excluding hydrogens is 318 g/mol. The average molecular weight is 335 g/mol. The third kappa shape index (κ3) is 2.84. The fourth-order valence-corrected chi connectivity index (χ4v) is 3.27. The first-order chi connectivity index (χ1) is 10.9. The van der Waals surface area contributed by atoms with Gasteiger partial charge in [-0.2, -0.15) is 0 Å². The van der Waals surface area contributed by atoms with Gasteiger partial charge in [-0.25, -0.2) is 17.4 Å². The minimum absolute atomic E-state index is 0.116. The second-order valence-corrected chi connectivity index (χ2v) is 7.71. The fraction of sp³-hybridized carbons (Fsp3) is 0.357. The van der Waals surface area contributed by atoms with Crippen molar-refractivity contribution in [1.29, 1.82) is 0 Å². The van der Waals surface area contributed by atoms with Crippen molar-refractivity contribution in [3.8, 4) is 0 Å². The van der Waals surface area contributed by atoms with Crippen LogP contribution in [-0.2, 0) is 10.0 Å². The third-order valence-electron chi connectivity index (χ3n) is 3.84. The molecule has 8 nitrogen and oxygen atoms in total. The SMILES string of the molecule is CN(C)S(=O)(=O)c1ccc(C(=O)N2CC(n3ccnn3)C2)cc1. The molecule has 1 aromatic heterocycles. The lowest BCUT2D eigenvalue weighted by molar-refractivity contribution is 0.0498. The monoisotopic (exact) mass is 335 g/mol. The van der Waals surface area contributed by atoms with E-state index in [2.05, 4.69) is 10.3 Å². The standard InChI is InChI=1S/C14H17N5O3S/c1-17(2)23(21,22)13-5-3-11(4-6-13)14(20)18-9-12(10-18)19-8-7-15-16-19/h3-8,12H,9-10H2,1-2H3. The molecule has 3 rings (SSSR count). The van der Waals surface area contributed by atoms with E-state index in [1.807, 2.05) is 0 Å². The van der Waals surface area contributed by atoms with Crippen LogP contribution in [0.1, 0.15) is 16.4 Å². The summed E-state index contributed by atoms with van der Waals surface area (Å²) in [5.41, 5.74) is 0.472. The van der Waals surface area contributed by atoms with Gasteiger partial charge in [0.05, 0.1) is 17.1 Å². The van der Waals surface area contributed by atoms with Gasteiger partial charge in [-0.05, 0) is 24.3 Å². The average Bonchev–Trinajstić information content (AvgIpc) is 2.99. The van der Waals surface area contributed by atoms with Crippen LogP contribution in [0, 0.1) is 0 Å². The molecule has 122 valence electrons. The molecule has 0 spiro atoms. The van der Waals surface area contributed by atoms with Gasteiger partial charge in [0, 0.05) is 38.9 Å². The zero-order valence-corrected chi connectivity index (χ0v) is 13.6. The lowest BCUT2D eigenvalue weighted by atomic mass is 10.1. The highest BCUT2D eigenvalue weighted by Crippen LogP contribution is 2.23. The van der Waals surface area contributed by atoms with E-state index in [1.54, 1.807) is 34.1 Å². The summed E-state index contributed by atoms with van der Waals surface area (Å²) in [6.45, 7) is 1.14. The minimum atomic E-state index is -3.48. The highest BCUT2D eigenvalue weighted by molar-refractivity contribution is 7.89. The predicted molar refractivity (Wildman–Crippen MR) is 82.3 cm³/mol. The fourth-order valence-electron chi connectivity index (χ4n) is 2.36. The van der Waals surface area contributed by atoms with Gasteiger partial charge in [-0.1, -0.05) is 5.21 Å². The number of hydrogen-bond donors (Lipinski definition) is 0. The Morgan fingerprint density at radius 2 is 1.87 bits per heavy atom. The van der Waals surface area contributed by atoms with Crippen molar-refractivity contribution in [1.82, 2.24) is 24.2 Å². The van der Waals surface area contributed by atoms with Crippen molar-refractivity contribution < 1.29 is 13.2 Å². The number of rotatable bonds is 4. The van der Waals surface area contributed by atoms with E-state index in [0.717, 1.165) is 4.31 Å². The van der Waals surface area contributed by atoms with E-state index in [1.165, 1.54) is 26.2 Å². The summed E-state index contributed by atoms with van der Waals surface area (Å²) < 4.78 is 26.9. The summed E-state index contributed by atoms with van der Waals surface area (Å²) in [6, 6.07) is 6.15. The Kier molecular flexibility index (Phi) is 3.90. The first-order valence-corrected chi connectivity index (χ1v) is 8.51. The first-order valence-electron chi connectivity index (χ1n) is 7.07. The Hall–Kier alpha value is -2.26. The van der Waals surface area contributed by atoms with Crippen molar-refractivity contribution in [2.45, 2.75) is 10.9 Å². The van der Waals surface area contributed by atoms with Crippen molar-refractivity contribution in [2.75, 3.05) is 27.2 Å². The van der Waals surface area contributed by atoms with Crippen LogP contribution in [0.2, 0.25) is 0 Å². The van der Waals surface area contributed by atoms with Crippen LogP contribution >= 0.6 is 0 Å². The van der Waals surface area contributed by atoms with Crippen LogP contribution in [0.5, 0.6) is 0 Å². The number of hydrogen-bond acceptors (Lipinski definition) is 5. The molecule has 23 heavy (non-hydrogen) atoms. The van der Waals surface area contributed by atoms with Gasteiger partial charge in [0.25, 0.3) is 5.91 Å². The number of aromatic nitrogens is 3. The molecule has 0 N–H and O–H groups in total. The van der Waals surface area contributed by atoms with Crippen LogP contribution in [0.15, 0.2) is 41.6 Å². The lowest BCUT2D eigenvalue weighted by Gasteiger charge is -2.38. The lowest BCUT2D eigenvalue weighted by Crippen LogP contribution is -2.50. The van der Waals surface area contributed by atoms with Gasteiger partial charge in [0.2, 0.25) is 10.0 Å². The first kappa shape index (κ1) is 15.6. The van der Waals surface area contributed by atoms with Crippen LogP contribution in [-0.4, -0.2) is 65.7 Å². The molecule has 0 unspecified atom stereocenters. The van der Waals surface area contributed by atoms with Gasteiger partial charge in [-0.3, -0.25) is 4.79 Å². The van der Waals surface area contributed by atoms with Crippen LogP contribution < -0.4 is 0 Å². The van der Waals surface area contributed by atoms with E-state index >= 15 is 0 Å². The predicted octanol–water partition coefficient (Wildman–Crippen LogP) is 0.225. The molecule has 9 heteroatoms.